The van der Waals surface area contributed by atoms with Gasteiger partial charge in [-0.15, -0.1) is 0 Å². The van der Waals surface area contributed by atoms with Crippen LogP contribution in [0.25, 0.3) is 0 Å². The molecule has 0 radical (unpaired) electrons. The van der Waals surface area contributed by atoms with Gasteiger partial charge in [0.1, 0.15) is 9.90 Å². The molecule has 1 aliphatic rings. The van der Waals surface area contributed by atoms with Crippen LogP contribution in [0, 0.1) is 0 Å². The standard InChI is InChI=1S/C11H19N3O3S2/c1-11(2)6-7(4-5-17-11)13-10-8(19(3,15)16)9(12)14-18-10/h7,13H,4-6H2,1-3H3,(H2,12,14). The maximum Gasteiger partial charge on any atom is 0.182 e. The predicted octanol–water partition coefficient (Wildman–Crippen LogP) is 1.50. The zero-order valence-corrected chi connectivity index (χ0v) is 12.9. The fourth-order valence-corrected chi connectivity index (χ4v) is 4.42. The molecule has 1 saturated heterocycles. The first kappa shape index (κ1) is 14.5. The van der Waals surface area contributed by atoms with E-state index in [2.05, 4.69) is 9.69 Å². The fraction of sp³-hybridized carbons (Fsp3) is 0.727. The fourth-order valence-electron chi connectivity index (χ4n) is 2.28. The molecule has 1 aliphatic heterocycles. The highest BCUT2D eigenvalue weighted by Crippen LogP contribution is 2.34. The molecule has 1 unspecified atom stereocenters. The minimum Gasteiger partial charge on any atom is -0.382 e. The van der Waals surface area contributed by atoms with Crippen LogP contribution in [0.4, 0.5) is 10.8 Å². The number of aromatic nitrogens is 1. The summed E-state index contributed by atoms with van der Waals surface area (Å²) in [5.41, 5.74) is 5.44. The van der Waals surface area contributed by atoms with Gasteiger partial charge in [0.15, 0.2) is 15.7 Å². The van der Waals surface area contributed by atoms with E-state index in [-0.39, 0.29) is 22.4 Å². The molecule has 1 fully saturated rings. The molecule has 6 nitrogen and oxygen atoms in total. The van der Waals surface area contributed by atoms with Gasteiger partial charge in [-0.3, -0.25) is 0 Å². The molecule has 0 spiro atoms. The minimum absolute atomic E-state index is 0.0707. The van der Waals surface area contributed by atoms with Crippen LogP contribution in [-0.4, -0.2) is 37.3 Å². The van der Waals surface area contributed by atoms with Crippen molar-refractivity contribution in [2.75, 3.05) is 23.9 Å². The summed E-state index contributed by atoms with van der Waals surface area (Å²) in [4.78, 5) is 0.113. The van der Waals surface area contributed by atoms with Crippen LogP contribution < -0.4 is 11.1 Å². The lowest BCUT2D eigenvalue weighted by molar-refractivity contribution is -0.0553. The highest BCUT2D eigenvalue weighted by atomic mass is 32.2. The van der Waals surface area contributed by atoms with Crippen molar-refractivity contribution >= 4 is 32.2 Å². The van der Waals surface area contributed by atoms with Crippen LogP contribution in [0.5, 0.6) is 0 Å². The van der Waals surface area contributed by atoms with Gasteiger partial charge in [-0.25, -0.2) is 8.42 Å². The first-order valence-electron chi connectivity index (χ1n) is 6.05. The van der Waals surface area contributed by atoms with Crippen LogP contribution in [0.1, 0.15) is 26.7 Å². The molecule has 1 aromatic heterocycles. The van der Waals surface area contributed by atoms with Crippen LogP contribution >= 0.6 is 11.5 Å². The SMILES string of the molecule is CC1(C)CC(Nc2snc(N)c2S(C)(=O)=O)CCO1. The molecule has 2 heterocycles. The molecule has 3 N–H and O–H groups in total. The lowest BCUT2D eigenvalue weighted by atomic mass is 9.94. The number of ether oxygens (including phenoxy) is 1. The van der Waals surface area contributed by atoms with Gasteiger partial charge in [-0.2, -0.15) is 4.37 Å². The van der Waals surface area contributed by atoms with Crippen LogP contribution in [0.15, 0.2) is 4.90 Å². The smallest absolute Gasteiger partial charge is 0.182 e. The average molecular weight is 305 g/mol. The molecule has 2 rings (SSSR count). The van der Waals surface area contributed by atoms with Crippen molar-refractivity contribution in [3.05, 3.63) is 0 Å². The van der Waals surface area contributed by atoms with Gasteiger partial charge in [-0.1, -0.05) is 0 Å². The topological polar surface area (TPSA) is 94.3 Å². The summed E-state index contributed by atoms with van der Waals surface area (Å²) < 4.78 is 33.0. The molecule has 19 heavy (non-hydrogen) atoms. The van der Waals surface area contributed by atoms with E-state index in [1.807, 2.05) is 13.8 Å². The Morgan fingerprint density at radius 2 is 2.21 bits per heavy atom. The Morgan fingerprint density at radius 3 is 2.79 bits per heavy atom. The molecule has 0 saturated carbocycles. The minimum atomic E-state index is -3.37. The third-order valence-corrected chi connectivity index (χ3v) is 5.15. The van der Waals surface area contributed by atoms with Crippen LogP contribution in [0.3, 0.4) is 0 Å². The summed E-state index contributed by atoms with van der Waals surface area (Å²) >= 11 is 1.09. The van der Waals surface area contributed by atoms with E-state index in [1.165, 1.54) is 0 Å². The summed E-state index contributed by atoms with van der Waals surface area (Å²) in [6.45, 7) is 4.71. The van der Waals surface area contributed by atoms with Crippen LogP contribution in [0.2, 0.25) is 0 Å². The highest BCUT2D eigenvalue weighted by Gasteiger charge is 2.30. The normalized spacial score (nSPS) is 23.2. The summed E-state index contributed by atoms with van der Waals surface area (Å²) in [6, 6.07) is 0.170. The van der Waals surface area contributed by atoms with E-state index in [0.717, 1.165) is 30.6 Å². The molecule has 0 bridgehead atoms. The highest BCUT2D eigenvalue weighted by molar-refractivity contribution is 7.91. The van der Waals surface area contributed by atoms with E-state index in [0.29, 0.717) is 11.6 Å². The molecule has 1 aromatic rings. The van der Waals surface area contributed by atoms with Gasteiger partial charge in [0, 0.05) is 18.9 Å². The van der Waals surface area contributed by atoms with Gasteiger partial charge in [0.05, 0.1) is 5.60 Å². The third kappa shape index (κ3) is 3.37. The Morgan fingerprint density at radius 1 is 1.53 bits per heavy atom. The van der Waals surface area contributed by atoms with Crippen molar-refractivity contribution < 1.29 is 13.2 Å². The van der Waals surface area contributed by atoms with E-state index in [9.17, 15) is 8.42 Å². The molecule has 1 atom stereocenters. The Labute approximate surface area is 117 Å². The summed E-state index contributed by atoms with van der Waals surface area (Å²) in [7, 11) is -3.37. The maximum atomic E-state index is 11.7. The molecule has 8 heteroatoms. The molecule has 0 amide bonds. The Balaban J connectivity index is 2.21. The Bertz CT molecular complexity index is 566. The summed E-state index contributed by atoms with van der Waals surface area (Å²) in [5, 5.41) is 3.78. The molecular weight excluding hydrogens is 286 g/mol. The second-order valence-corrected chi connectivity index (χ2v) is 8.17. The first-order chi connectivity index (χ1) is 8.69. The second kappa shape index (κ2) is 4.92. The molecule has 108 valence electrons. The molecule has 0 aliphatic carbocycles. The van der Waals surface area contributed by atoms with Gasteiger partial charge in [-0.05, 0) is 38.2 Å². The predicted molar refractivity (Wildman–Crippen MR) is 76.3 cm³/mol. The average Bonchev–Trinajstić information content (AvgIpc) is 2.57. The number of anilines is 2. The van der Waals surface area contributed by atoms with Crippen molar-refractivity contribution in [1.82, 2.24) is 4.37 Å². The maximum absolute atomic E-state index is 11.7. The number of nitrogens with zero attached hydrogens (tertiary/aromatic N) is 1. The van der Waals surface area contributed by atoms with Gasteiger partial charge in [0.2, 0.25) is 0 Å². The lowest BCUT2D eigenvalue weighted by Crippen LogP contribution is -2.40. The number of nitrogen functional groups attached to an aromatic ring is 1. The van der Waals surface area contributed by atoms with Crippen molar-refractivity contribution in [3.8, 4) is 0 Å². The van der Waals surface area contributed by atoms with Gasteiger partial charge in [0.25, 0.3) is 0 Å². The molecule has 0 aromatic carbocycles. The Hall–Kier alpha value is -0.860. The second-order valence-electron chi connectivity index (χ2n) is 5.44. The lowest BCUT2D eigenvalue weighted by Gasteiger charge is -2.36. The van der Waals surface area contributed by atoms with Crippen molar-refractivity contribution in [1.29, 1.82) is 0 Å². The van der Waals surface area contributed by atoms with Crippen molar-refractivity contribution in [3.63, 3.8) is 0 Å². The Kier molecular flexibility index (Phi) is 3.76. The van der Waals surface area contributed by atoms with Gasteiger partial charge < -0.3 is 15.8 Å². The number of hydrogen-bond acceptors (Lipinski definition) is 7. The summed E-state index contributed by atoms with van der Waals surface area (Å²) in [6.07, 6.45) is 2.80. The number of rotatable bonds is 3. The van der Waals surface area contributed by atoms with Crippen molar-refractivity contribution in [2.24, 2.45) is 0 Å². The van der Waals surface area contributed by atoms with Crippen molar-refractivity contribution in [2.45, 2.75) is 43.2 Å². The van der Waals surface area contributed by atoms with Gasteiger partial charge >= 0.3 is 0 Å². The zero-order valence-electron chi connectivity index (χ0n) is 11.3. The third-order valence-electron chi connectivity index (χ3n) is 3.08. The van der Waals surface area contributed by atoms with Crippen LogP contribution in [-0.2, 0) is 14.6 Å². The zero-order chi connectivity index (χ0) is 14.3. The quantitative estimate of drug-likeness (QED) is 0.879. The van der Waals surface area contributed by atoms with E-state index in [4.69, 9.17) is 10.5 Å². The number of nitrogens with one attached hydrogen (secondary N) is 1. The monoisotopic (exact) mass is 305 g/mol. The van der Waals surface area contributed by atoms with E-state index < -0.39 is 9.84 Å². The van der Waals surface area contributed by atoms with E-state index in [1.54, 1.807) is 0 Å². The summed E-state index contributed by atoms with van der Waals surface area (Å²) in [5.74, 6) is 0.0707. The molecular formula is C11H19N3O3S2. The number of hydrogen-bond donors (Lipinski definition) is 2. The first-order valence-corrected chi connectivity index (χ1v) is 8.71. The number of nitrogens with two attached hydrogens (primary N) is 1. The number of sulfone groups is 1. The largest absolute Gasteiger partial charge is 0.382 e. The van der Waals surface area contributed by atoms with E-state index >= 15 is 0 Å².